The van der Waals surface area contributed by atoms with Gasteiger partial charge in [0.1, 0.15) is 6.10 Å². The fourth-order valence-electron chi connectivity index (χ4n) is 4.75. The largest absolute Gasteiger partial charge is 0.445 e. The minimum absolute atomic E-state index is 0.101. The number of fused-ring (bicyclic) bond motifs is 2. The number of piperidine rings is 1. The van der Waals surface area contributed by atoms with E-state index in [0.717, 1.165) is 46.4 Å². The maximum Gasteiger partial charge on any atom is 0.404 e. The van der Waals surface area contributed by atoms with Crippen LogP contribution in [0.25, 0.3) is 33.5 Å². The number of primary amides is 1. The molecule has 5 rings (SSSR count). The number of imidazole rings is 1. The predicted molar refractivity (Wildman–Crippen MR) is 125 cm³/mol. The highest BCUT2D eigenvalue weighted by atomic mass is 16.6. The summed E-state index contributed by atoms with van der Waals surface area (Å²) >= 11 is 0. The summed E-state index contributed by atoms with van der Waals surface area (Å²) in [6.45, 7) is 3.86. The number of pyridine rings is 1. The lowest BCUT2D eigenvalue weighted by molar-refractivity contribution is 0.0373. The summed E-state index contributed by atoms with van der Waals surface area (Å²) < 4.78 is 9.36. The molecule has 3 aromatic heterocycles. The third kappa shape index (κ3) is 3.69. The summed E-state index contributed by atoms with van der Waals surface area (Å²) in [5.74, 6) is 0.733. The molecule has 4 heterocycles. The molecule has 2 N–H and O–H groups in total. The predicted octanol–water partition coefficient (Wildman–Crippen LogP) is 3.31. The van der Waals surface area contributed by atoms with E-state index in [1.165, 1.54) is 0 Å². The number of carbonyl (C=O) groups is 2. The van der Waals surface area contributed by atoms with E-state index in [1.54, 1.807) is 11.1 Å². The van der Waals surface area contributed by atoms with Crippen molar-refractivity contribution >= 4 is 33.9 Å². The second kappa shape index (κ2) is 8.23. The molecular formula is C24H26N6O3. The zero-order chi connectivity index (χ0) is 23.1. The molecule has 9 heteroatoms. The van der Waals surface area contributed by atoms with E-state index in [1.807, 2.05) is 37.5 Å². The zero-order valence-corrected chi connectivity index (χ0v) is 18.7. The Labute approximate surface area is 190 Å². The number of aryl methyl sites for hydroxylation is 2. The second-order valence-electron chi connectivity index (χ2n) is 8.36. The number of benzene rings is 1. The highest BCUT2D eigenvalue weighted by Gasteiger charge is 2.27. The van der Waals surface area contributed by atoms with Gasteiger partial charge in [-0.25, -0.2) is 9.78 Å². The summed E-state index contributed by atoms with van der Waals surface area (Å²) in [5.41, 5.74) is 9.49. The van der Waals surface area contributed by atoms with Crippen LogP contribution >= 0.6 is 0 Å². The quantitative estimate of drug-likeness (QED) is 0.517. The highest BCUT2D eigenvalue weighted by Crippen LogP contribution is 2.30. The minimum atomic E-state index is -0.808. The van der Waals surface area contributed by atoms with Crippen LogP contribution in [0.1, 0.15) is 30.1 Å². The average molecular weight is 447 g/mol. The lowest BCUT2D eigenvalue weighted by Crippen LogP contribution is -2.44. The maximum atomic E-state index is 13.2. The molecule has 4 aromatic rings. The Kier molecular flexibility index (Phi) is 5.24. The Morgan fingerprint density at radius 3 is 2.85 bits per heavy atom. The number of rotatable bonds is 4. The standard InChI is InChI=1S/C24H26N6O3/c1-3-30-20(12-15-8-9-26-13-21(15)30)22-27-18-11-16(6-7-19(18)28(22)2)23(31)29-10-4-5-17(14-29)33-24(25)32/h6-9,11-13,17H,3-5,10,14H2,1-2H3,(H2,25,32)/t17-/m1/s1. The normalized spacial score (nSPS) is 16.4. The van der Waals surface area contributed by atoms with Gasteiger partial charge in [0.15, 0.2) is 5.82 Å². The third-order valence-electron chi connectivity index (χ3n) is 6.33. The number of aromatic nitrogens is 4. The first-order valence-corrected chi connectivity index (χ1v) is 11.1. The van der Waals surface area contributed by atoms with Gasteiger partial charge in [-0.05, 0) is 50.1 Å². The maximum absolute atomic E-state index is 13.2. The van der Waals surface area contributed by atoms with Crippen LogP contribution in [-0.2, 0) is 18.3 Å². The first kappa shape index (κ1) is 21.0. The number of hydrogen-bond donors (Lipinski definition) is 1. The van der Waals surface area contributed by atoms with Crippen LogP contribution in [0.2, 0.25) is 0 Å². The number of carbonyl (C=O) groups excluding carboxylic acids is 2. The number of ether oxygens (including phenoxy) is 1. The highest BCUT2D eigenvalue weighted by molar-refractivity contribution is 5.98. The molecule has 0 bridgehead atoms. The second-order valence-corrected chi connectivity index (χ2v) is 8.36. The molecule has 170 valence electrons. The summed E-state index contributed by atoms with van der Waals surface area (Å²) in [6, 6.07) is 9.72. The van der Waals surface area contributed by atoms with Crippen molar-refractivity contribution in [3.63, 3.8) is 0 Å². The van der Waals surface area contributed by atoms with E-state index in [0.29, 0.717) is 25.1 Å². The van der Waals surface area contributed by atoms with Gasteiger partial charge in [0, 0.05) is 37.3 Å². The van der Waals surface area contributed by atoms with Crippen molar-refractivity contribution in [3.05, 3.63) is 48.3 Å². The topological polar surface area (TPSA) is 108 Å². The summed E-state index contributed by atoms with van der Waals surface area (Å²) in [5, 5.41) is 1.11. The average Bonchev–Trinajstić information content (AvgIpc) is 3.35. The molecule has 0 saturated carbocycles. The first-order valence-electron chi connectivity index (χ1n) is 11.1. The molecule has 0 spiro atoms. The van der Waals surface area contributed by atoms with Gasteiger partial charge in [-0.3, -0.25) is 9.78 Å². The van der Waals surface area contributed by atoms with Gasteiger partial charge >= 0.3 is 6.09 Å². The molecule has 1 aliphatic heterocycles. The third-order valence-corrected chi connectivity index (χ3v) is 6.33. The smallest absolute Gasteiger partial charge is 0.404 e. The Hall–Kier alpha value is -3.88. The molecule has 1 aliphatic rings. The van der Waals surface area contributed by atoms with E-state index in [4.69, 9.17) is 15.5 Å². The van der Waals surface area contributed by atoms with Gasteiger partial charge in [0.2, 0.25) is 0 Å². The molecule has 1 atom stereocenters. The molecule has 1 aromatic carbocycles. The lowest BCUT2D eigenvalue weighted by Gasteiger charge is -2.32. The Balaban J connectivity index is 1.49. The molecular weight excluding hydrogens is 420 g/mol. The fraction of sp³-hybridized carbons (Fsp3) is 0.333. The molecule has 0 unspecified atom stereocenters. The number of likely N-dealkylation sites (tertiary alicyclic amines) is 1. The van der Waals surface area contributed by atoms with Crippen LogP contribution in [0.5, 0.6) is 0 Å². The lowest BCUT2D eigenvalue weighted by atomic mass is 10.1. The number of hydrogen-bond acceptors (Lipinski definition) is 5. The Morgan fingerprint density at radius 1 is 1.21 bits per heavy atom. The summed E-state index contributed by atoms with van der Waals surface area (Å²) in [6.07, 6.45) is 3.95. The molecule has 1 fully saturated rings. The monoisotopic (exact) mass is 446 g/mol. The van der Waals surface area contributed by atoms with Crippen LogP contribution in [0.4, 0.5) is 4.79 Å². The van der Waals surface area contributed by atoms with Gasteiger partial charge in [-0.15, -0.1) is 0 Å². The number of nitrogens with zero attached hydrogens (tertiary/aromatic N) is 5. The van der Waals surface area contributed by atoms with Gasteiger partial charge in [-0.2, -0.15) is 0 Å². The van der Waals surface area contributed by atoms with Crippen molar-refractivity contribution in [3.8, 4) is 11.5 Å². The first-order chi connectivity index (χ1) is 16.0. The SMILES string of the molecule is CCn1c(-c2nc3cc(C(=O)N4CCC[C@@H](OC(N)=O)C4)ccc3n2C)cc2ccncc21. The number of nitrogens with two attached hydrogens (primary N) is 1. The van der Waals surface area contributed by atoms with Gasteiger partial charge in [-0.1, -0.05) is 0 Å². The van der Waals surface area contributed by atoms with Crippen molar-refractivity contribution < 1.29 is 14.3 Å². The van der Waals surface area contributed by atoms with Crippen molar-refractivity contribution in [1.29, 1.82) is 0 Å². The number of amides is 2. The van der Waals surface area contributed by atoms with E-state index < -0.39 is 6.09 Å². The fourth-order valence-corrected chi connectivity index (χ4v) is 4.75. The van der Waals surface area contributed by atoms with Crippen molar-refractivity contribution in [2.75, 3.05) is 13.1 Å². The van der Waals surface area contributed by atoms with E-state index in [9.17, 15) is 9.59 Å². The summed E-state index contributed by atoms with van der Waals surface area (Å²) in [7, 11) is 1.98. The molecule has 2 amide bonds. The molecule has 1 saturated heterocycles. The van der Waals surface area contributed by atoms with Crippen LogP contribution in [0.3, 0.4) is 0 Å². The van der Waals surface area contributed by atoms with Gasteiger partial charge in [0.25, 0.3) is 5.91 Å². The molecule has 33 heavy (non-hydrogen) atoms. The van der Waals surface area contributed by atoms with Crippen LogP contribution < -0.4 is 5.73 Å². The van der Waals surface area contributed by atoms with Crippen LogP contribution in [-0.4, -0.2) is 55.2 Å². The van der Waals surface area contributed by atoms with Gasteiger partial charge < -0.3 is 24.5 Å². The van der Waals surface area contributed by atoms with Crippen molar-refractivity contribution in [2.24, 2.45) is 12.8 Å². The van der Waals surface area contributed by atoms with Crippen molar-refractivity contribution in [1.82, 2.24) is 24.0 Å². The zero-order valence-electron chi connectivity index (χ0n) is 18.7. The molecule has 0 radical (unpaired) electrons. The van der Waals surface area contributed by atoms with Gasteiger partial charge in [0.05, 0.1) is 35.0 Å². The Bertz CT molecular complexity index is 1370. The Morgan fingerprint density at radius 2 is 2.06 bits per heavy atom. The summed E-state index contributed by atoms with van der Waals surface area (Å²) in [4.78, 5) is 35.1. The van der Waals surface area contributed by atoms with Crippen LogP contribution in [0, 0.1) is 0 Å². The minimum Gasteiger partial charge on any atom is -0.445 e. The van der Waals surface area contributed by atoms with Crippen molar-refractivity contribution in [2.45, 2.75) is 32.4 Å². The van der Waals surface area contributed by atoms with E-state index in [2.05, 4.69) is 27.1 Å². The molecule has 9 nitrogen and oxygen atoms in total. The van der Waals surface area contributed by atoms with E-state index >= 15 is 0 Å². The van der Waals surface area contributed by atoms with Crippen LogP contribution in [0.15, 0.2) is 42.7 Å². The molecule has 0 aliphatic carbocycles. The van der Waals surface area contributed by atoms with E-state index in [-0.39, 0.29) is 12.0 Å².